The maximum absolute atomic E-state index is 12.4. The molecule has 2 heterocycles. The first-order valence-electron chi connectivity index (χ1n) is 9.20. The maximum atomic E-state index is 12.4. The van der Waals surface area contributed by atoms with Gasteiger partial charge in [0.1, 0.15) is 0 Å². The number of nitrogens with zero attached hydrogens (tertiary/aromatic N) is 1. The molecule has 5 rings (SSSR count). The minimum absolute atomic E-state index is 0.130. The molecule has 3 aliphatic rings. The van der Waals surface area contributed by atoms with Gasteiger partial charge in [0.25, 0.3) is 0 Å². The minimum Gasteiger partial charge on any atom is -0.352 e. The Morgan fingerprint density at radius 1 is 1.29 bits per heavy atom. The molecule has 2 bridgehead atoms. The monoisotopic (exact) mass is 320 g/mol. The minimum atomic E-state index is 0.130. The van der Waals surface area contributed by atoms with Crippen molar-refractivity contribution in [2.24, 2.45) is 17.3 Å². The lowest BCUT2D eigenvalue weighted by Gasteiger charge is -2.17. The Labute approximate surface area is 142 Å². The zero-order valence-corrected chi connectivity index (χ0v) is 14.2. The SMILES string of the molecule is Cc1cccn2c(CC(=O)NCC3=CC4CCC3C43CC3)ccc12. The number of hydrogen-bond acceptors (Lipinski definition) is 1. The average molecular weight is 320 g/mol. The average Bonchev–Trinajstić information content (AvgIpc) is 3.07. The van der Waals surface area contributed by atoms with Gasteiger partial charge in [-0.25, -0.2) is 0 Å². The van der Waals surface area contributed by atoms with Gasteiger partial charge in [0.05, 0.1) is 6.42 Å². The normalized spacial score (nSPS) is 26.1. The highest BCUT2D eigenvalue weighted by molar-refractivity contribution is 5.79. The van der Waals surface area contributed by atoms with Gasteiger partial charge >= 0.3 is 0 Å². The summed E-state index contributed by atoms with van der Waals surface area (Å²) in [5.41, 5.74) is 5.63. The lowest BCUT2D eigenvalue weighted by atomic mass is 9.90. The van der Waals surface area contributed by atoms with Crippen LogP contribution in [0.5, 0.6) is 0 Å². The Morgan fingerprint density at radius 3 is 2.96 bits per heavy atom. The molecule has 1 N–H and O–H groups in total. The number of carbonyl (C=O) groups excluding carboxylic acids is 1. The molecule has 0 radical (unpaired) electrons. The summed E-state index contributed by atoms with van der Waals surface area (Å²) in [5.74, 6) is 1.71. The Balaban J connectivity index is 1.25. The third-order valence-electron chi connectivity index (χ3n) is 6.71. The number of nitrogens with one attached hydrogen (secondary N) is 1. The summed E-state index contributed by atoms with van der Waals surface area (Å²) < 4.78 is 2.13. The molecule has 124 valence electrons. The molecule has 0 saturated heterocycles. The van der Waals surface area contributed by atoms with Crippen molar-refractivity contribution in [2.45, 2.75) is 39.0 Å². The molecule has 3 nitrogen and oxygen atoms in total. The highest BCUT2D eigenvalue weighted by Crippen LogP contribution is 2.70. The second kappa shape index (κ2) is 4.98. The summed E-state index contributed by atoms with van der Waals surface area (Å²) in [6.07, 6.45) is 10.5. The van der Waals surface area contributed by atoms with Gasteiger partial charge in [0.2, 0.25) is 5.91 Å². The third kappa shape index (κ3) is 2.00. The Hall–Kier alpha value is -2.03. The van der Waals surface area contributed by atoms with Crippen LogP contribution in [0.1, 0.15) is 36.9 Å². The van der Waals surface area contributed by atoms with E-state index in [2.05, 4.69) is 40.9 Å². The molecule has 2 saturated carbocycles. The van der Waals surface area contributed by atoms with E-state index >= 15 is 0 Å². The summed E-state index contributed by atoms with van der Waals surface area (Å²) >= 11 is 0. The fourth-order valence-electron chi connectivity index (χ4n) is 5.32. The van der Waals surface area contributed by atoms with E-state index in [-0.39, 0.29) is 5.91 Å². The molecular formula is C21H24N2O. The molecule has 2 fully saturated rings. The van der Waals surface area contributed by atoms with Crippen LogP contribution in [0.3, 0.4) is 0 Å². The van der Waals surface area contributed by atoms with E-state index in [1.807, 2.05) is 12.3 Å². The van der Waals surface area contributed by atoms with Crippen molar-refractivity contribution in [1.29, 1.82) is 0 Å². The van der Waals surface area contributed by atoms with E-state index in [0.29, 0.717) is 11.8 Å². The van der Waals surface area contributed by atoms with E-state index in [0.717, 1.165) is 24.1 Å². The Kier molecular flexibility index (Phi) is 2.97. The molecule has 2 unspecified atom stereocenters. The highest BCUT2D eigenvalue weighted by Gasteiger charge is 2.61. The van der Waals surface area contributed by atoms with Gasteiger partial charge in [0.15, 0.2) is 0 Å². The molecular weight excluding hydrogens is 296 g/mol. The zero-order chi connectivity index (χ0) is 16.3. The smallest absolute Gasteiger partial charge is 0.226 e. The van der Waals surface area contributed by atoms with Gasteiger partial charge in [-0.2, -0.15) is 0 Å². The predicted molar refractivity (Wildman–Crippen MR) is 94.8 cm³/mol. The fraction of sp³-hybridized carbons (Fsp3) is 0.476. The van der Waals surface area contributed by atoms with Gasteiger partial charge in [-0.3, -0.25) is 4.79 Å². The van der Waals surface area contributed by atoms with Crippen LogP contribution in [-0.2, 0) is 11.2 Å². The van der Waals surface area contributed by atoms with E-state index in [1.54, 1.807) is 0 Å². The van der Waals surface area contributed by atoms with Crippen molar-refractivity contribution in [1.82, 2.24) is 9.72 Å². The van der Waals surface area contributed by atoms with Crippen LogP contribution in [-0.4, -0.2) is 16.9 Å². The van der Waals surface area contributed by atoms with Crippen LogP contribution in [0.2, 0.25) is 0 Å². The summed E-state index contributed by atoms with van der Waals surface area (Å²) in [4.78, 5) is 12.4. The van der Waals surface area contributed by atoms with Gasteiger partial charge in [0, 0.05) is 24.0 Å². The van der Waals surface area contributed by atoms with Crippen molar-refractivity contribution < 1.29 is 4.79 Å². The van der Waals surface area contributed by atoms with Gasteiger partial charge in [-0.1, -0.05) is 17.7 Å². The van der Waals surface area contributed by atoms with Gasteiger partial charge in [-0.05, 0) is 73.6 Å². The predicted octanol–water partition coefficient (Wildman–Crippen LogP) is 3.65. The second-order valence-corrected chi connectivity index (χ2v) is 7.94. The topological polar surface area (TPSA) is 33.5 Å². The molecule has 1 spiro atoms. The summed E-state index contributed by atoms with van der Waals surface area (Å²) in [5, 5.41) is 3.17. The van der Waals surface area contributed by atoms with Crippen LogP contribution in [0.4, 0.5) is 0 Å². The van der Waals surface area contributed by atoms with Crippen LogP contribution >= 0.6 is 0 Å². The van der Waals surface area contributed by atoms with Crippen molar-refractivity contribution in [3.8, 4) is 0 Å². The van der Waals surface area contributed by atoms with Crippen molar-refractivity contribution in [2.75, 3.05) is 6.54 Å². The number of allylic oxidation sites excluding steroid dienone is 1. The Morgan fingerprint density at radius 2 is 2.17 bits per heavy atom. The number of amides is 1. The number of fused-ring (bicyclic) bond motifs is 1. The molecule has 3 aliphatic carbocycles. The summed E-state index contributed by atoms with van der Waals surface area (Å²) in [6, 6.07) is 8.32. The van der Waals surface area contributed by atoms with Crippen LogP contribution in [0, 0.1) is 24.2 Å². The van der Waals surface area contributed by atoms with Crippen LogP contribution in [0.15, 0.2) is 42.1 Å². The first-order chi connectivity index (χ1) is 11.7. The molecule has 3 heteroatoms. The van der Waals surface area contributed by atoms with Gasteiger partial charge < -0.3 is 9.72 Å². The molecule has 0 aliphatic heterocycles. The second-order valence-electron chi connectivity index (χ2n) is 7.94. The standard InChI is InChI=1S/C21H24N2O/c1-14-3-2-10-23-17(5-7-19(14)23)12-20(24)22-13-15-11-16-4-6-18(15)21(16)8-9-21/h2-3,5,7,10-11,16,18H,4,6,8-9,12-13H2,1H3,(H,22,24). The number of aromatic nitrogens is 1. The van der Waals surface area contributed by atoms with Crippen LogP contribution in [0.25, 0.3) is 5.52 Å². The summed E-state index contributed by atoms with van der Waals surface area (Å²) in [6.45, 7) is 2.86. The summed E-state index contributed by atoms with van der Waals surface area (Å²) in [7, 11) is 0. The molecule has 24 heavy (non-hydrogen) atoms. The Bertz CT molecular complexity index is 856. The van der Waals surface area contributed by atoms with Gasteiger partial charge in [-0.15, -0.1) is 0 Å². The fourth-order valence-corrected chi connectivity index (χ4v) is 5.32. The van der Waals surface area contributed by atoms with E-state index in [9.17, 15) is 4.79 Å². The molecule has 1 amide bonds. The first-order valence-corrected chi connectivity index (χ1v) is 9.20. The van der Waals surface area contributed by atoms with E-state index in [1.165, 1.54) is 42.3 Å². The van der Waals surface area contributed by atoms with E-state index < -0.39 is 0 Å². The number of hydrogen-bond donors (Lipinski definition) is 1. The largest absolute Gasteiger partial charge is 0.352 e. The first kappa shape index (κ1) is 14.3. The third-order valence-corrected chi connectivity index (χ3v) is 6.71. The number of pyridine rings is 1. The molecule has 2 aromatic rings. The highest BCUT2D eigenvalue weighted by atomic mass is 16.1. The van der Waals surface area contributed by atoms with Crippen molar-refractivity contribution >= 4 is 11.4 Å². The lowest BCUT2D eigenvalue weighted by molar-refractivity contribution is -0.120. The lowest BCUT2D eigenvalue weighted by Crippen LogP contribution is -2.29. The van der Waals surface area contributed by atoms with E-state index in [4.69, 9.17) is 0 Å². The number of carbonyl (C=O) groups is 1. The number of rotatable bonds is 4. The molecule has 0 aromatic carbocycles. The molecule has 2 aromatic heterocycles. The molecule has 2 atom stereocenters. The maximum Gasteiger partial charge on any atom is 0.226 e. The quantitative estimate of drug-likeness (QED) is 0.857. The van der Waals surface area contributed by atoms with Crippen LogP contribution < -0.4 is 5.32 Å². The number of aryl methyl sites for hydroxylation is 1. The van der Waals surface area contributed by atoms with Crippen molar-refractivity contribution in [3.05, 3.63) is 53.4 Å². The zero-order valence-electron chi connectivity index (χ0n) is 14.2. The van der Waals surface area contributed by atoms with Crippen molar-refractivity contribution in [3.63, 3.8) is 0 Å².